The van der Waals surface area contributed by atoms with Gasteiger partial charge in [-0.25, -0.2) is 0 Å². The van der Waals surface area contributed by atoms with Crippen LogP contribution in [-0.4, -0.2) is 13.9 Å². The highest BCUT2D eigenvalue weighted by Crippen LogP contribution is 2.16. The Bertz CT molecular complexity index is 693. The number of fused-ring (bicyclic) bond motifs is 1. The van der Waals surface area contributed by atoms with Crippen LogP contribution in [0.5, 0.6) is 0 Å². The van der Waals surface area contributed by atoms with Gasteiger partial charge in [-0.2, -0.15) is 8.75 Å². The van der Waals surface area contributed by atoms with E-state index in [1.54, 1.807) is 6.26 Å². The summed E-state index contributed by atoms with van der Waals surface area (Å²) in [5.41, 5.74) is 2.64. The molecule has 0 aliphatic carbocycles. The molecule has 0 unspecified atom stereocenters. The Hall–Kier alpha value is -1.99. The van der Waals surface area contributed by atoms with Crippen molar-refractivity contribution in [1.82, 2.24) is 14.1 Å². The number of furan rings is 1. The largest absolute Gasteiger partial charge is 0.467 e. The number of nitrogens with one attached hydrogen (secondary N) is 2. The van der Waals surface area contributed by atoms with E-state index in [0.717, 1.165) is 22.5 Å². The lowest BCUT2D eigenvalue weighted by Gasteiger charge is -2.09. The normalized spacial score (nSPS) is 10.5. The predicted molar refractivity (Wildman–Crippen MR) is 79.2 cm³/mol. The molecule has 0 aliphatic rings. The predicted octanol–water partition coefficient (Wildman–Crippen LogP) is 2.77. The van der Waals surface area contributed by atoms with Crippen molar-refractivity contribution in [3.05, 3.63) is 42.4 Å². The van der Waals surface area contributed by atoms with Gasteiger partial charge in [0.25, 0.3) is 0 Å². The zero-order chi connectivity index (χ0) is 13.1. The maximum absolute atomic E-state index is 5.21. The van der Waals surface area contributed by atoms with Crippen LogP contribution in [0.25, 0.3) is 11.0 Å². The molecule has 2 heterocycles. The van der Waals surface area contributed by atoms with Gasteiger partial charge in [0.15, 0.2) is 5.11 Å². The van der Waals surface area contributed by atoms with Gasteiger partial charge in [-0.3, -0.25) is 0 Å². The molecule has 7 heteroatoms. The summed E-state index contributed by atoms with van der Waals surface area (Å²) in [6, 6.07) is 9.49. The van der Waals surface area contributed by atoms with E-state index in [2.05, 4.69) is 19.4 Å². The second kappa shape index (κ2) is 5.33. The Kier molecular flexibility index (Phi) is 3.39. The quantitative estimate of drug-likeness (QED) is 0.723. The average molecular weight is 290 g/mol. The third kappa shape index (κ3) is 2.88. The number of thiocarbonyl (C=S) groups is 1. The van der Waals surface area contributed by atoms with Gasteiger partial charge >= 0.3 is 0 Å². The number of hydrogen-bond donors (Lipinski definition) is 2. The number of hydrogen-bond acceptors (Lipinski definition) is 5. The lowest BCUT2D eigenvalue weighted by molar-refractivity contribution is 0.503. The van der Waals surface area contributed by atoms with E-state index in [1.165, 1.54) is 11.7 Å². The van der Waals surface area contributed by atoms with Crippen LogP contribution in [0.4, 0.5) is 5.69 Å². The van der Waals surface area contributed by atoms with Crippen molar-refractivity contribution in [1.29, 1.82) is 0 Å². The first kappa shape index (κ1) is 12.1. The minimum atomic E-state index is 0.541. The summed E-state index contributed by atoms with van der Waals surface area (Å²) in [4.78, 5) is 0. The van der Waals surface area contributed by atoms with Crippen LogP contribution in [0.15, 0.2) is 41.0 Å². The van der Waals surface area contributed by atoms with Gasteiger partial charge in [-0.15, -0.1) is 0 Å². The van der Waals surface area contributed by atoms with Gasteiger partial charge in [0.2, 0.25) is 0 Å². The standard InChI is InChI=1S/C12H10N4OS2/c18-12(13-7-9-2-1-5-17-9)14-8-3-4-10-11(6-8)16-19-15-10/h1-6H,7H2,(H2,13,14,18). The van der Waals surface area contributed by atoms with E-state index in [4.69, 9.17) is 16.6 Å². The molecule has 0 radical (unpaired) electrons. The highest BCUT2D eigenvalue weighted by molar-refractivity contribution is 7.80. The van der Waals surface area contributed by atoms with Crippen molar-refractivity contribution in [2.24, 2.45) is 0 Å². The molecule has 3 rings (SSSR count). The first-order valence-corrected chi connectivity index (χ1v) is 6.75. The van der Waals surface area contributed by atoms with Gasteiger partial charge in [0.1, 0.15) is 16.8 Å². The van der Waals surface area contributed by atoms with Crippen molar-refractivity contribution >= 4 is 45.8 Å². The SMILES string of the molecule is S=C(NCc1ccco1)Nc1ccc2nsnc2c1. The molecule has 1 aromatic carbocycles. The van der Waals surface area contributed by atoms with E-state index in [9.17, 15) is 0 Å². The zero-order valence-corrected chi connectivity index (χ0v) is 11.4. The van der Waals surface area contributed by atoms with Gasteiger partial charge in [-0.1, -0.05) is 0 Å². The summed E-state index contributed by atoms with van der Waals surface area (Å²) in [5.74, 6) is 0.836. The molecule has 2 aromatic heterocycles. The number of rotatable bonds is 3. The van der Waals surface area contributed by atoms with Crippen molar-refractivity contribution < 1.29 is 4.42 Å². The van der Waals surface area contributed by atoms with Gasteiger partial charge in [-0.05, 0) is 42.5 Å². The summed E-state index contributed by atoms with van der Waals surface area (Å²) < 4.78 is 13.6. The van der Waals surface area contributed by atoms with Crippen LogP contribution >= 0.6 is 23.9 Å². The van der Waals surface area contributed by atoms with Gasteiger partial charge < -0.3 is 15.1 Å². The molecular weight excluding hydrogens is 280 g/mol. The van der Waals surface area contributed by atoms with Crippen LogP contribution < -0.4 is 10.6 Å². The molecule has 0 amide bonds. The molecular formula is C12H10N4OS2. The van der Waals surface area contributed by atoms with Crippen molar-refractivity contribution in [3.8, 4) is 0 Å². The molecule has 0 saturated heterocycles. The molecule has 2 N–H and O–H groups in total. The molecule has 19 heavy (non-hydrogen) atoms. The van der Waals surface area contributed by atoms with Crippen LogP contribution in [0, 0.1) is 0 Å². The molecule has 0 fully saturated rings. The number of anilines is 1. The highest BCUT2D eigenvalue weighted by Gasteiger charge is 2.02. The van der Waals surface area contributed by atoms with Gasteiger partial charge in [0.05, 0.1) is 24.5 Å². The number of aromatic nitrogens is 2. The molecule has 3 aromatic rings. The topological polar surface area (TPSA) is 63.0 Å². The maximum Gasteiger partial charge on any atom is 0.171 e. The van der Waals surface area contributed by atoms with Crippen molar-refractivity contribution in [2.45, 2.75) is 6.54 Å². The Balaban J connectivity index is 1.62. The van der Waals surface area contributed by atoms with Crippen molar-refractivity contribution in [2.75, 3.05) is 5.32 Å². The Morgan fingerprint density at radius 3 is 3.00 bits per heavy atom. The molecule has 0 bridgehead atoms. The summed E-state index contributed by atoms with van der Waals surface area (Å²) in [7, 11) is 0. The van der Waals surface area contributed by atoms with E-state index in [0.29, 0.717) is 11.7 Å². The van der Waals surface area contributed by atoms with Crippen LogP contribution in [0.1, 0.15) is 5.76 Å². The fraction of sp³-hybridized carbons (Fsp3) is 0.0833. The fourth-order valence-electron chi connectivity index (χ4n) is 1.62. The smallest absolute Gasteiger partial charge is 0.171 e. The third-order valence-electron chi connectivity index (χ3n) is 2.51. The average Bonchev–Trinajstić information content (AvgIpc) is 3.07. The first-order chi connectivity index (χ1) is 9.31. The van der Waals surface area contributed by atoms with Crippen LogP contribution in [0.3, 0.4) is 0 Å². The van der Waals surface area contributed by atoms with E-state index in [-0.39, 0.29) is 0 Å². The monoisotopic (exact) mass is 290 g/mol. The Morgan fingerprint density at radius 1 is 1.26 bits per heavy atom. The van der Waals surface area contributed by atoms with E-state index < -0.39 is 0 Å². The second-order valence-electron chi connectivity index (χ2n) is 3.85. The van der Waals surface area contributed by atoms with Gasteiger partial charge in [0, 0.05) is 5.69 Å². The van der Waals surface area contributed by atoms with Crippen molar-refractivity contribution in [3.63, 3.8) is 0 Å². The molecule has 5 nitrogen and oxygen atoms in total. The number of benzene rings is 1. The summed E-state index contributed by atoms with van der Waals surface area (Å²) in [5, 5.41) is 6.71. The van der Waals surface area contributed by atoms with E-state index in [1.807, 2.05) is 30.3 Å². The Morgan fingerprint density at radius 2 is 2.16 bits per heavy atom. The molecule has 0 spiro atoms. The minimum Gasteiger partial charge on any atom is -0.467 e. The fourth-order valence-corrected chi connectivity index (χ4v) is 2.32. The minimum absolute atomic E-state index is 0.541. The molecule has 0 atom stereocenters. The van der Waals surface area contributed by atoms with Crippen LogP contribution in [-0.2, 0) is 6.54 Å². The lowest BCUT2D eigenvalue weighted by Crippen LogP contribution is -2.27. The molecule has 0 saturated carbocycles. The number of nitrogens with zero attached hydrogens (tertiary/aromatic N) is 2. The maximum atomic E-state index is 5.21. The summed E-state index contributed by atoms with van der Waals surface area (Å²) in [6.45, 7) is 0.555. The highest BCUT2D eigenvalue weighted by atomic mass is 32.1. The second-order valence-corrected chi connectivity index (χ2v) is 4.79. The lowest BCUT2D eigenvalue weighted by atomic mass is 10.3. The summed E-state index contributed by atoms with van der Waals surface area (Å²) in [6.07, 6.45) is 1.64. The van der Waals surface area contributed by atoms with E-state index >= 15 is 0 Å². The molecule has 96 valence electrons. The zero-order valence-electron chi connectivity index (χ0n) is 9.79. The van der Waals surface area contributed by atoms with Crippen LogP contribution in [0.2, 0.25) is 0 Å². The Labute approximate surface area is 119 Å². The first-order valence-electron chi connectivity index (χ1n) is 5.61. The summed E-state index contributed by atoms with van der Waals surface area (Å²) >= 11 is 6.41. The third-order valence-corrected chi connectivity index (χ3v) is 3.32. The molecule has 0 aliphatic heterocycles.